The zero-order valence-corrected chi connectivity index (χ0v) is 8.17. The molecular formula is C3H8O2SZn. The Morgan fingerprint density at radius 1 is 1.71 bits per heavy atom. The first-order valence-electron chi connectivity index (χ1n) is 1.85. The van der Waals surface area contributed by atoms with Crippen LogP contribution in [0, 0.1) is 0 Å². The predicted molar refractivity (Wildman–Crippen MR) is 25.9 cm³/mol. The molecule has 0 saturated heterocycles. The van der Waals surface area contributed by atoms with Crippen LogP contribution in [0.1, 0.15) is 13.3 Å². The molecule has 0 aromatic rings. The van der Waals surface area contributed by atoms with Crippen LogP contribution >= 0.6 is 0 Å². The fourth-order valence-corrected chi connectivity index (χ4v) is 0.524. The van der Waals surface area contributed by atoms with Gasteiger partial charge < -0.3 is 4.55 Å². The minimum atomic E-state index is -1.57. The van der Waals surface area contributed by atoms with Crippen LogP contribution in [0.15, 0.2) is 0 Å². The molecule has 1 unspecified atom stereocenters. The fourth-order valence-electron chi connectivity index (χ4n) is 0.175. The molecule has 40 valence electrons. The third-order valence-electron chi connectivity index (χ3n) is 0.379. The van der Waals surface area contributed by atoms with Gasteiger partial charge in [-0.2, -0.15) is 0 Å². The van der Waals surface area contributed by atoms with E-state index in [1.807, 2.05) is 6.92 Å². The molecule has 0 aliphatic carbocycles. The van der Waals surface area contributed by atoms with Crippen molar-refractivity contribution in [3.8, 4) is 0 Å². The first-order chi connectivity index (χ1) is 2.77. The summed E-state index contributed by atoms with van der Waals surface area (Å²) in [6.45, 7) is 1.87. The number of hydrogen-bond acceptors (Lipinski definition) is 1. The Balaban J connectivity index is 0. The summed E-state index contributed by atoms with van der Waals surface area (Å²) in [6, 6.07) is 0. The van der Waals surface area contributed by atoms with Crippen LogP contribution < -0.4 is 0 Å². The maximum absolute atomic E-state index is 9.71. The van der Waals surface area contributed by atoms with E-state index in [2.05, 4.69) is 0 Å². The minimum Gasteiger partial charge on any atom is -0.306 e. The van der Waals surface area contributed by atoms with E-state index < -0.39 is 11.1 Å². The van der Waals surface area contributed by atoms with Crippen LogP contribution in [0.2, 0.25) is 0 Å². The molecule has 0 saturated carbocycles. The summed E-state index contributed by atoms with van der Waals surface area (Å²) in [5, 5.41) is 0. The van der Waals surface area contributed by atoms with Crippen molar-refractivity contribution in [2.75, 3.05) is 5.75 Å². The van der Waals surface area contributed by atoms with E-state index in [4.69, 9.17) is 4.55 Å². The summed E-state index contributed by atoms with van der Waals surface area (Å²) in [6.07, 6.45) is 0.781. The summed E-state index contributed by atoms with van der Waals surface area (Å²) in [5.41, 5.74) is 0. The monoisotopic (exact) mass is 172 g/mol. The minimum absolute atomic E-state index is 0. The SMILES string of the molecule is CCCS(=O)O.[Zn]. The molecule has 4 heteroatoms. The van der Waals surface area contributed by atoms with E-state index in [9.17, 15) is 4.21 Å². The maximum Gasteiger partial charge on any atom is 0.152 e. The fraction of sp³-hybridized carbons (Fsp3) is 1.00. The molecule has 0 spiro atoms. The molecule has 0 aliphatic heterocycles. The van der Waals surface area contributed by atoms with Crippen molar-refractivity contribution < 1.29 is 28.2 Å². The van der Waals surface area contributed by atoms with Crippen molar-refractivity contribution in [2.45, 2.75) is 13.3 Å². The third kappa shape index (κ3) is 10.8. The smallest absolute Gasteiger partial charge is 0.152 e. The molecule has 7 heavy (non-hydrogen) atoms. The molecule has 0 radical (unpaired) electrons. The first-order valence-corrected chi connectivity index (χ1v) is 3.12. The summed E-state index contributed by atoms with van der Waals surface area (Å²) in [5.74, 6) is 0.403. The van der Waals surface area contributed by atoms with E-state index in [0.717, 1.165) is 6.42 Å². The Bertz CT molecular complexity index is 56.9. The summed E-state index contributed by atoms with van der Waals surface area (Å²) in [4.78, 5) is 0. The van der Waals surface area contributed by atoms with Crippen LogP contribution in [0.5, 0.6) is 0 Å². The quantitative estimate of drug-likeness (QED) is 0.491. The van der Waals surface area contributed by atoms with Gasteiger partial charge in [-0.3, -0.25) is 0 Å². The van der Waals surface area contributed by atoms with Crippen molar-refractivity contribution in [3.05, 3.63) is 0 Å². The molecule has 1 N–H and O–H groups in total. The van der Waals surface area contributed by atoms with Gasteiger partial charge in [0.05, 0.1) is 0 Å². The van der Waals surface area contributed by atoms with E-state index >= 15 is 0 Å². The topological polar surface area (TPSA) is 37.3 Å². The van der Waals surface area contributed by atoms with Gasteiger partial charge in [-0.05, 0) is 6.42 Å². The van der Waals surface area contributed by atoms with Crippen LogP contribution in [0.25, 0.3) is 0 Å². The largest absolute Gasteiger partial charge is 0.306 e. The Morgan fingerprint density at radius 2 is 2.14 bits per heavy atom. The van der Waals surface area contributed by atoms with Gasteiger partial charge in [0, 0.05) is 25.2 Å². The number of rotatable bonds is 2. The van der Waals surface area contributed by atoms with Gasteiger partial charge in [0.1, 0.15) is 0 Å². The van der Waals surface area contributed by atoms with Crippen LogP contribution in [0.4, 0.5) is 0 Å². The molecule has 0 rings (SSSR count). The Kier molecular flexibility index (Phi) is 10.3. The van der Waals surface area contributed by atoms with Crippen molar-refractivity contribution in [1.29, 1.82) is 0 Å². The average Bonchev–Trinajstić information content (AvgIpc) is 1.35. The van der Waals surface area contributed by atoms with Gasteiger partial charge in [0.25, 0.3) is 0 Å². The molecule has 0 aromatic carbocycles. The Hall–Kier alpha value is 0.733. The van der Waals surface area contributed by atoms with Crippen LogP contribution in [-0.2, 0) is 30.6 Å². The Labute approximate surface area is 58.7 Å². The molecule has 0 amide bonds. The zero-order chi connectivity index (χ0) is 4.99. The van der Waals surface area contributed by atoms with Gasteiger partial charge in [-0.1, -0.05) is 6.92 Å². The van der Waals surface area contributed by atoms with Gasteiger partial charge >= 0.3 is 0 Å². The molecule has 1 atom stereocenters. The normalized spacial score (nSPS) is 12.3. The molecule has 0 aromatic heterocycles. The summed E-state index contributed by atoms with van der Waals surface area (Å²) < 4.78 is 17.7. The molecular weight excluding hydrogens is 165 g/mol. The second-order valence-electron chi connectivity index (χ2n) is 1.03. The third-order valence-corrected chi connectivity index (χ3v) is 1.14. The van der Waals surface area contributed by atoms with E-state index in [1.54, 1.807) is 0 Å². The Morgan fingerprint density at radius 3 is 2.14 bits per heavy atom. The average molecular weight is 174 g/mol. The number of hydrogen-bond donors (Lipinski definition) is 1. The van der Waals surface area contributed by atoms with Crippen molar-refractivity contribution in [2.24, 2.45) is 0 Å². The molecule has 0 fully saturated rings. The van der Waals surface area contributed by atoms with Crippen molar-refractivity contribution in [1.82, 2.24) is 0 Å². The van der Waals surface area contributed by atoms with Crippen LogP contribution in [0.3, 0.4) is 0 Å². The standard InChI is InChI=1S/C3H8O2S.Zn/c1-2-3-6(4)5;/h2-3H2,1H3,(H,4,5);. The second kappa shape index (κ2) is 6.73. The molecule has 0 bridgehead atoms. The predicted octanol–water partition coefficient (Wildman–Crippen LogP) is 0.616. The van der Waals surface area contributed by atoms with Gasteiger partial charge in [-0.15, -0.1) is 0 Å². The summed E-state index contributed by atoms with van der Waals surface area (Å²) >= 11 is -1.57. The van der Waals surface area contributed by atoms with Crippen molar-refractivity contribution >= 4 is 11.1 Å². The molecule has 0 heterocycles. The van der Waals surface area contributed by atoms with E-state index in [1.165, 1.54) is 0 Å². The zero-order valence-electron chi connectivity index (χ0n) is 4.39. The van der Waals surface area contributed by atoms with Gasteiger partial charge in [0.15, 0.2) is 11.1 Å². The van der Waals surface area contributed by atoms with Gasteiger partial charge in [-0.25, -0.2) is 4.21 Å². The summed E-state index contributed by atoms with van der Waals surface area (Å²) in [7, 11) is 0. The van der Waals surface area contributed by atoms with Gasteiger partial charge in [0.2, 0.25) is 0 Å². The van der Waals surface area contributed by atoms with Crippen molar-refractivity contribution in [3.63, 3.8) is 0 Å². The molecule has 0 aliphatic rings. The van der Waals surface area contributed by atoms with Crippen LogP contribution in [-0.4, -0.2) is 14.5 Å². The molecule has 2 nitrogen and oxygen atoms in total. The van der Waals surface area contributed by atoms with E-state index in [0.29, 0.717) is 5.75 Å². The second-order valence-corrected chi connectivity index (χ2v) is 2.08. The first kappa shape index (κ1) is 10.7. The van der Waals surface area contributed by atoms with E-state index in [-0.39, 0.29) is 19.5 Å². The maximum atomic E-state index is 9.71.